The van der Waals surface area contributed by atoms with Gasteiger partial charge in [0, 0.05) is 142 Å². The molecule has 0 rings (SSSR count). The number of terminal acetylenes is 2. The van der Waals surface area contributed by atoms with Crippen molar-refractivity contribution in [2.24, 2.45) is 0 Å². The fourth-order valence-corrected chi connectivity index (χ4v) is 1.69. The summed E-state index contributed by atoms with van der Waals surface area (Å²) in [6.07, 6.45) is 11.2. The van der Waals surface area contributed by atoms with E-state index in [0.29, 0.717) is 0 Å². The van der Waals surface area contributed by atoms with Gasteiger partial charge in [0.15, 0.2) is 6.10 Å². The van der Waals surface area contributed by atoms with E-state index < -0.39 is 24.5 Å². The van der Waals surface area contributed by atoms with Crippen LogP contribution < -0.4 is 0 Å². The van der Waals surface area contributed by atoms with Gasteiger partial charge in [0.1, 0.15) is 12.2 Å². The molecule has 0 heterocycles. The molecule has 0 aliphatic heterocycles. The van der Waals surface area contributed by atoms with Gasteiger partial charge < -0.3 is 14.6 Å². The summed E-state index contributed by atoms with van der Waals surface area (Å²) in [5.74, 6) is 92.9. The second-order valence-electron chi connectivity index (χ2n) is 6.86. The molecular weight excluding hydrogens is 657 g/mol. The van der Waals surface area contributed by atoms with E-state index in [9.17, 15) is 14.7 Å². The first kappa shape index (κ1) is 42.2. The van der Waals surface area contributed by atoms with Crippen LogP contribution in [0.4, 0.5) is 0 Å². The molecular formula is C48H6O5. The second kappa shape index (κ2) is 35.7. The third kappa shape index (κ3) is 33.9. The normalized spacial score (nSPS) is 5.57. The van der Waals surface area contributed by atoms with E-state index in [1.165, 1.54) is 0 Å². The Kier molecular flexibility index (Phi) is 28.4. The number of aliphatic hydroxyl groups excluding tert-OH is 1. The molecule has 1 unspecified atom stereocenters. The van der Waals surface area contributed by atoms with Gasteiger partial charge in [-0.2, -0.15) is 0 Å². The quantitative estimate of drug-likeness (QED) is 0.313. The van der Waals surface area contributed by atoms with Crippen LogP contribution in [0, 0.1) is 262 Å². The van der Waals surface area contributed by atoms with Crippen LogP contribution in [0.1, 0.15) is 6.42 Å². The number of hydrogen-bond donors (Lipinski definition) is 1. The van der Waals surface area contributed by atoms with Crippen molar-refractivity contribution < 1.29 is 24.2 Å². The topological polar surface area (TPSA) is 72.8 Å². The summed E-state index contributed by atoms with van der Waals surface area (Å²) in [6.45, 7) is 0. The van der Waals surface area contributed by atoms with Crippen LogP contribution in [0.25, 0.3) is 0 Å². The van der Waals surface area contributed by atoms with Crippen LogP contribution in [-0.4, -0.2) is 23.1 Å². The summed E-state index contributed by atoms with van der Waals surface area (Å²) in [5, 5.41) is 9.72. The first-order valence-corrected chi connectivity index (χ1v) is 13.1. The van der Waals surface area contributed by atoms with Crippen LogP contribution in [0.3, 0.4) is 0 Å². The molecule has 0 bridgehead atoms. The van der Waals surface area contributed by atoms with E-state index in [2.05, 4.69) is 246 Å². The molecule has 0 spiro atoms. The molecule has 0 aliphatic carbocycles. The summed E-state index contributed by atoms with van der Waals surface area (Å²) >= 11 is 0. The van der Waals surface area contributed by atoms with Gasteiger partial charge >= 0.3 is 11.9 Å². The molecule has 1 atom stereocenters. The van der Waals surface area contributed by atoms with Crippen molar-refractivity contribution in [3.05, 3.63) is 0 Å². The van der Waals surface area contributed by atoms with Gasteiger partial charge in [-0.15, -0.1) is 12.8 Å². The number of carbonyl (C=O) groups excluding carboxylic acids is 2. The highest BCUT2D eigenvalue weighted by molar-refractivity contribution is 5.82. The van der Waals surface area contributed by atoms with Gasteiger partial charge in [-0.3, -0.25) is 4.79 Å². The third-order valence-corrected chi connectivity index (χ3v) is 3.44. The smallest absolute Gasteiger partial charge is 0.349 e. The Morgan fingerprint density at radius 3 is 0.811 bits per heavy atom. The van der Waals surface area contributed by atoms with Crippen LogP contribution in [0.2, 0.25) is 0 Å². The molecule has 0 aliphatic rings. The minimum Gasteiger partial charge on any atom is -0.381 e. The monoisotopic (exact) mass is 662 g/mol. The van der Waals surface area contributed by atoms with Gasteiger partial charge in [-0.25, -0.2) is 4.79 Å². The van der Waals surface area contributed by atoms with Gasteiger partial charge in [-0.1, -0.05) is 0 Å². The van der Waals surface area contributed by atoms with E-state index in [0.717, 1.165) is 0 Å². The molecule has 0 fully saturated rings. The zero-order valence-electron chi connectivity index (χ0n) is 26.5. The van der Waals surface area contributed by atoms with Gasteiger partial charge in [0.2, 0.25) is 0 Å². The van der Waals surface area contributed by atoms with E-state index in [1.807, 2.05) is 12.2 Å². The third-order valence-electron chi connectivity index (χ3n) is 3.44. The minimum absolute atomic E-state index is 0.753. The lowest BCUT2D eigenvalue weighted by atomic mass is 10.2. The Morgan fingerprint density at radius 1 is 0.358 bits per heavy atom. The van der Waals surface area contributed by atoms with Crippen molar-refractivity contribution in [2.45, 2.75) is 12.5 Å². The van der Waals surface area contributed by atoms with Crippen molar-refractivity contribution in [3.8, 4) is 262 Å². The highest BCUT2D eigenvalue weighted by atomic mass is 16.5. The largest absolute Gasteiger partial charge is 0.381 e. The van der Waals surface area contributed by atoms with Crippen LogP contribution in [0.5, 0.6) is 0 Å². The average molecular weight is 663 g/mol. The van der Waals surface area contributed by atoms with E-state index in [4.69, 9.17) is 12.8 Å². The molecule has 228 valence electrons. The van der Waals surface area contributed by atoms with E-state index in [1.54, 1.807) is 0 Å². The first-order chi connectivity index (χ1) is 26.1. The first-order valence-electron chi connectivity index (χ1n) is 13.1. The van der Waals surface area contributed by atoms with Gasteiger partial charge in [-0.05, 0) is 94.7 Å². The number of ether oxygens (including phenoxy) is 2. The fourth-order valence-electron chi connectivity index (χ4n) is 1.69. The van der Waals surface area contributed by atoms with Crippen molar-refractivity contribution in [2.75, 3.05) is 0 Å². The molecule has 5 heteroatoms. The zero-order chi connectivity index (χ0) is 38.6. The Bertz CT molecular complexity index is 2950. The number of carbonyl (C=O) groups is 2. The van der Waals surface area contributed by atoms with Crippen molar-refractivity contribution in [1.29, 1.82) is 0 Å². The molecule has 0 aromatic rings. The van der Waals surface area contributed by atoms with E-state index in [-0.39, 0.29) is 0 Å². The molecule has 0 radical (unpaired) electrons. The fraction of sp³-hybridized carbons (Fsp3) is 0.0417. The lowest BCUT2D eigenvalue weighted by molar-refractivity contribution is -0.152. The van der Waals surface area contributed by atoms with Crippen LogP contribution >= 0.6 is 0 Å². The predicted molar refractivity (Wildman–Crippen MR) is 196 cm³/mol. The molecule has 0 saturated carbocycles. The highest BCUT2D eigenvalue weighted by Gasteiger charge is 2.21. The predicted octanol–water partition coefficient (Wildman–Crippen LogP) is -0.927. The van der Waals surface area contributed by atoms with Gasteiger partial charge in [0.25, 0.3) is 0 Å². The van der Waals surface area contributed by atoms with Crippen LogP contribution in [-0.2, 0) is 19.1 Å². The maximum absolute atomic E-state index is 11.7. The van der Waals surface area contributed by atoms with Gasteiger partial charge in [0.05, 0.1) is 6.42 Å². The van der Waals surface area contributed by atoms with Crippen LogP contribution in [0.15, 0.2) is 0 Å². The molecule has 0 amide bonds. The second-order valence-corrected chi connectivity index (χ2v) is 6.86. The summed E-state index contributed by atoms with van der Waals surface area (Å²) in [7, 11) is 0. The van der Waals surface area contributed by atoms with Crippen molar-refractivity contribution in [1.82, 2.24) is 0 Å². The number of aliphatic hydroxyl groups is 1. The standard InChI is InChI=1S/C48H6O5/c1-3-5-7-9-11-13-15-17-19-21-23-25-27-29-31-33-35-37-39-41-43-52-47(50)45-46(49)48(51)53-44-42-40-38-36-34-32-30-28-26-24-22-20-18-16-14-12-10-8-6-4-2/h1-2,46,49H,45H2. The maximum Gasteiger partial charge on any atom is 0.349 e. The Hall–Kier alpha value is -10.8. The summed E-state index contributed by atoms with van der Waals surface area (Å²) in [6, 6.07) is 0. The molecule has 5 nitrogen and oxygen atoms in total. The highest BCUT2D eigenvalue weighted by Crippen LogP contribution is 1.97. The summed E-state index contributed by atoms with van der Waals surface area (Å²) in [4.78, 5) is 23.4. The molecule has 1 N–H and O–H groups in total. The minimum atomic E-state index is -1.86. The maximum atomic E-state index is 11.7. The van der Waals surface area contributed by atoms with Crippen molar-refractivity contribution in [3.63, 3.8) is 0 Å². The SMILES string of the molecule is C#CC#CC#CC#CC#CC#CC#CC#CC#CC#CC#COC(=O)CC(O)C(=O)OC#CC#CC#CC#CC#CC#CC#CC#CC#CC#CC#C. The number of hydrogen-bond acceptors (Lipinski definition) is 5. The lowest BCUT2D eigenvalue weighted by Gasteiger charge is -2.03. The molecule has 0 aromatic carbocycles. The summed E-state index contributed by atoms with van der Waals surface area (Å²) in [5.41, 5.74) is 0. The summed E-state index contributed by atoms with van der Waals surface area (Å²) < 4.78 is 8.99. The zero-order valence-corrected chi connectivity index (χ0v) is 26.5. The van der Waals surface area contributed by atoms with Crippen molar-refractivity contribution >= 4 is 11.9 Å². The Balaban J connectivity index is 4.55. The van der Waals surface area contributed by atoms with E-state index >= 15 is 0 Å². The number of rotatable bonds is 3. The average Bonchev–Trinajstić information content (AvgIpc) is 3.15. The number of esters is 2. The molecule has 0 aromatic heterocycles. The Morgan fingerprint density at radius 2 is 0.566 bits per heavy atom. The molecule has 53 heavy (non-hydrogen) atoms. The lowest BCUT2D eigenvalue weighted by Crippen LogP contribution is -2.25. The Labute approximate surface area is 309 Å². The molecule has 0 saturated heterocycles.